The van der Waals surface area contributed by atoms with E-state index in [1.807, 2.05) is 0 Å². The first-order valence-corrected chi connectivity index (χ1v) is 2.75. The zero-order valence-electron chi connectivity index (χ0n) is 5.39. The highest BCUT2D eigenvalue weighted by molar-refractivity contribution is 6.41. The van der Waals surface area contributed by atoms with Gasteiger partial charge in [0.15, 0.2) is 5.76 Å². The Labute approximate surface area is 61.6 Å². The molecule has 0 aromatic carbocycles. The lowest BCUT2D eigenvalue weighted by Gasteiger charge is -1.90. The Morgan fingerprint density at radius 2 is 2.36 bits per heavy atom. The van der Waals surface area contributed by atoms with Crippen molar-refractivity contribution in [2.24, 2.45) is 5.16 Å². The summed E-state index contributed by atoms with van der Waals surface area (Å²) in [5.41, 5.74) is -0.505. The molecule has 0 saturated heterocycles. The van der Waals surface area contributed by atoms with Crippen LogP contribution in [0.2, 0.25) is 0 Å². The smallest absolute Gasteiger partial charge is 0.361 e. The van der Waals surface area contributed by atoms with E-state index in [2.05, 4.69) is 9.57 Å². The van der Waals surface area contributed by atoms with Crippen LogP contribution in [-0.2, 0) is 4.79 Å². The molecular formula is C6H5NO4. The molecule has 0 aliphatic heterocycles. The predicted molar refractivity (Wildman–Crippen MR) is 34.7 cm³/mol. The molecule has 1 aromatic heterocycles. The fourth-order valence-electron chi connectivity index (χ4n) is 0.611. The molecule has 0 unspecified atom stereocenters. The van der Waals surface area contributed by atoms with Crippen molar-refractivity contribution in [1.82, 2.24) is 0 Å². The lowest BCUT2D eigenvalue weighted by Crippen LogP contribution is -2.13. The SMILES string of the molecule is O=C(O)/C(=N/O)c1ccco1. The molecule has 0 aliphatic rings. The van der Waals surface area contributed by atoms with Crippen LogP contribution in [0.5, 0.6) is 0 Å². The summed E-state index contributed by atoms with van der Waals surface area (Å²) in [7, 11) is 0. The van der Waals surface area contributed by atoms with Crippen molar-refractivity contribution in [2.45, 2.75) is 0 Å². The molecule has 1 rings (SSSR count). The highest BCUT2D eigenvalue weighted by Gasteiger charge is 2.15. The van der Waals surface area contributed by atoms with E-state index >= 15 is 0 Å². The first-order valence-electron chi connectivity index (χ1n) is 2.75. The van der Waals surface area contributed by atoms with Gasteiger partial charge in [-0.1, -0.05) is 5.16 Å². The summed E-state index contributed by atoms with van der Waals surface area (Å²) in [6.45, 7) is 0. The number of carboxylic acids is 1. The van der Waals surface area contributed by atoms with Gasteiger partial charge in [-0.05, 0) is 12.1 Å². The van der Waals surface area contributed by atoms with Gasteiger partial charge in [0, 0.05) is 0 Å². The van der Waals surface area contributed by atoms with Gasteiger partial charge in [-0.25, -0.2) is 4.79 Å². The van der Waals surface area contributed by atoms with E-state index < -0.39 is 11.7 Å². The van der Waals surface area contributed by atoms with Crippen LogP contribution in [0, 0.1) is 0 Å². The average Bonchev–Trinajstić information content (AvgIpc) is 2.40. The van der Waals surface area contributed by atoms with Crippen molar-refractivity contribution >= 4 is 11.7 Å². The van der Waals surface area contributed by atoms with E-state index in [0.29, 0.717) is 0 Å². The number of rotatable bonds is 2. The molecule has 0 radical (unpaired) electrons. The van der Waals surface area contributed by atoms with Gasteiger partial charge in [-0.3, -0.25) is 0 Å². The van der Waals surface area contributed by atoms with Gasteiger partial charge in [0.05, 0.1) is 6.26 Å². The summed E-state index contributed by atoms with van der Waals surface area (Å²) in [4.78, 5) is 10.3. The number of hydrogen-bond acceptors (Lipinski definition) is 4. The number of carbonyl (C=O) groups is 1. The minimum Gasteiger partial charge on any atom is -0.476 e. The van der Waals surface area contributed by atoms with E-state index in [4.69, 9.17) is 10.3 Å². The van der Waals surface area contributed by atoms with Crippen molar-refractivity contribution < 1.29 is 19.5 Å². The maximum absolute atomic E-state index is 10.3. The molecule has 58 valence electrons. The molecule has 0 saturated carbocycles. The van der Waals surface area contributed by atoms with Crippen LogP contribution in [0.4, 0.5) is 0 Å². The Kier molecular flexibility index (Phi) is 1.91. The van der Waals surface area contributed by atoms with E-state index in [-0.39, 0.29) is 5.76 Å². The van der Waals surface area contributed by atoms with E-state index in [1.165, 1.54) is 18.4 Å². The topological polar surface area (TPSA) is 83.0 Å². The number of hydrogen-bond donors (Lipinski definition) is 2. The molecule has 2 N–H and O–H groups in total. The largest absolute Gasteiger partial charge is 0.476 e. The molecule has 1 aromatic rings. The monoisotopic (exact) mass is 155 g/mol. The third-order valence-corrected chi connectivity index (χ3v) is 1.06. The molecule has 0 bridgehead atoms. The van der Waals surface area contributed by atoms with Gasteiger partial charge in [-0.2, -0.15) is 0 Å². The van der Waals surface area contributed by atoms with E-state index in [0.717, 1.165) is 0 Å². The minimum atomic E-state index is -1.33. The fraction of sp³-hybridized carbons (Fsp3) is 0. The van der Waals surface area contributed by atoms with Crippen LogP contribution >= 0.6 is 0 Å². The Morgan fingerprint density at radius 3 is 2.73 bits per heavy atom. The summed E-state index contributed by atoms with van der Waals surface area (Å²) < 4.78 is 4.68. The van der Waals surface area contributed by atoms with Gasteiger partial charge < -0.3 is 14.7 Å². The lowest BCUT2D eigenvalue weighted by molar-refractivity contribution is -0.129. The van der Waals surface area contributed by atoms with Gasteiger partial charge >= 0.3 is 5.97 Å². The highest BCUT2D eigenvalue weighted by atomic mass is 16.4. The predicted octanol–water partition coefficient (Wildman–Crippen LogP) is 0.542. The second-order valence-corrected chi connectivity index (χ2v) is 1.73. The van der Waals surface area contributed by atoms with Crippen molar-refractivity contribution in [3.63, 3.8) is 0 Å². The van der Waals surface area contributed by atoms with Crippen LogP contribution in [0.15, 0.2) is 28.0 Å². The van der Waals surface area contributed by atoms with Crippen LogP contribution in [-0.4, -0.2) is 22.0 Å². The maximum Gasteiger partial charge on any atom is 0.361 e. The average molecular weight is 155 g/mol. The van der Waals surface area contributed by atoms with Gasteiger partial charge in [-0.15, -0.1) is 0 Å². The second-order valence-electron chi connectivity index (χ2n) is 1.73. The van der Waals surface area contributed by atoms with Crippen LogP contribution in [0.1, 0.15) is 5.76 Å². The van der Waals surface area contributed by atoms with Crippen molar-refractivity contribution in [3.05, 3.63) is 24.2 Å². The number of nitrogens with zero attached hydrogens (tertiary/aromatic N) is 1. The Morgan fingerprint density at radius 1 is 1.64 bits per heavy atom. The zero-order chi connectivity index (χ0) is 8.27. The van der Waals surface area contributed by atoms with Gasteiger partial charge in [0.25, 0.3) is 0 Å². The normalized spacial score (nSPS) is 11.5. The first-order chi connectivity index (χ1) is 5.25. The Hall–Kier alpha value is -1.78. The number of oxime groups is 1. The zero-order valence-corrected chi connectivity index (χ0v) is 5.39. The lowest BCUT2D eigenvalue weighted by atomic mass is 10.3. The van der Waals surface area contributed by atoms with Gasteiger partial charge in [0.2, 0.25) is 5.71 Å². The van der Waals surface area contributed by atoms with E-state index in [9.17, 15) is 4.79 Å². The molecule has 1 heterocycles. The summed E-state index contributed by atoms with van der Waals surface area (Å²) in [6, 6.07) is 2.90. The molecule has 0 atom stereocenters. The molecule has 0 amide bonds. The molecule has 0 fully saturated rings. The molecule has 11 heavy (non-hydrogen) atoms. The standard InChI is InChI=1S/C6H5NO4/c8-6(9)5(7-10)4-2-1-3-11-4/h1-3,10H,(H,8,9)/b7-5+. The summed E-state index contributed by atoms with van der Waals surface area (Å²) in [5, 5.41) is 19.2. The summed E-state index contributed by atoms with van der Waals surface area (Å²) in [5.74, 6) is -1.30. The third-order valence-electron chi connectivity index (χ3n) is 1.06. The highest BCUT2D eigenvalue weighted by Crippen LogP contribution is 2.01. The molecule has 5 nitrogen and oxygen atoms in total. The minimum absolute atomic E-state index is 0.0278. The number of carboxylic acid groups (broad SMARTS) is 1. The Balaban J connectivity index is 2.99. The molecule has 5 heteroatoms. The van der Waals surface area contributed by atoms with Crippen molar-refractivity contribution in [3.8, 4) is 0 Å². The number of aliphatic carboxylic acids is 1. The number of furan rings is 1. The molecule has 0 spiro atoms. The fourth-order valence-corrected chi connectivity index (χ4v) is 0.611. The van der Waals surface area contributed by atoms with E-state index in [1.54, 1.807) is 0 Å². The van der Waals surface area contributed by atoms with Crippen molar-refractivity contribution in [1.29, 1.82) is 0 Å². The first kappa shape index (κ1) is 7.33. The van der Waals surface area contributed by atoms with Gasteiger partial charge in [0.1, 0.15) is 0 Å². The quantitative estimate of drug-likeness (QED) is 0.371. The molecular weight excluding hydrogens is 150 g/mol. The third kappa shape index (κ3) is 1.37. The maximum atomic E-state index is 10.3. The summed E-state index contributed by atoms with van der Waals surface area (Å²) >= 11 is 0. The van der Waals surface area contributed by atoms with Crippen LogP contribution in [0.3, 0.4) is 0 Å². The van der Waals surface area contributed by atoms with Crippen LogP contribution in [0.25, 0.3) is 0 Å². The molecule has 0 aliphatic carbocycles. The summed E-state index contributed by atoms with van der Waals surface area (Å²) in [6.07, 6.45) is 1.30. The van der Waals surface area contributed by atoms with Crippen molar-refractivity contribution in [2.75, 3.05) is 0 Å². The second kappa shape index (κ2) is 2.87. The Bertz CT molecular complexity index is 275. The van der Waals surface area contributed by atoms with Crippen LogP contribution < -0.4 is 0 Å².